The topological polar surface area (TPSA) is 94.4 Å². The van der Waals surface area contributed by atoms with Gasteiger partial charge in [0.2, 0.25) is 0 Å². The maximum Gasteiger partial charge on any atom is 0.273 e. The average Bonchev–Trinajstić information content (AvgIpc) is 3.10. The minimum atomic E-state index is -0.504. The molecule has 0 aliphatic heterocycles. The summed E-state index contributed by atoms with van der Waals surface area (Å²) in [6.45, 7) is 1.55. The number of anilines is 1. The molecule has 2 aromatic carbocycles. The summed E-state index contributed by atoms with van der Waals surface area (Å²) in [4.78, 5) is 27.4. The maximum absolute atomic E-state index is 12.5. The maximum atomic E-state index is 12.5. The van der Waals surface area contributed by atoms with Crippen LogP contribution in [0.15, 0.2) is 47.8 Å². The van der Waals surface area contributed by atoms with Crippen LogP contribution >= 0.6 is 11.3 Å². The Bertz CT molecular complexity index is 984. The fourth-order valence-corrected chi connectivity index (χ4v) is 3.19. The molecule has 0 saturated heterocycles. The van der Waals surface area contributed by atoms with Crippen molar-refractivity contribution >= 4 is 28.1 Å². The predicted molar refractivity (Wildman–Crippen MR) is 99.9 cm³/mol. The summed E-state index contributed by atoms with van der Waals surface area (Å²) in [6, 6.07) is 11.9. The summed E-state index contributed by atoms with van der Waals surface area (Å²) in [5.41, 5.74) is 2.05. The van der Waals surface area contributed by atoms with Crippen LogP contribution in [0, 0.1) is 17.0 Å². The SMILES string of the molecule is COc1cccc(-c2csc(NC(=O)c3cccc([N+](=O)[O-])c3C)n2)c1. The molecule has 1 amide bonds. The van der Waals surface area contributed by atoms with Crippen LogP contribution in [0.2, 0.25) is 0 Å². The van der Waals surface area contributed by atoms with Gasteiger partial charge in [-0.05, 0) is 25.1 Å². The summed E-state index contributed by atoms with van der Waals surface area (Å²) in [5, 5.41) is 16.0. The van der Waals surface area contributed by atoms with Crippen molar-refractivity contribution in [2.75, 3.05) is 12.4 Å². The molecule has 0 aliphatic rings. The van der Waals surface area contributed by atoms with E-state index in [9.17, 15) is 14.9 Å². The molecule has 0 atom stereocenters. The van der Waals surface area contributed by atoms with Gasteiger partial charge >= 0.3 is 0 Å². The molecule has 1 heterocycles. The number of hydrogen-bond acceptors (Lipinski definition) is 6. The van der Waals surface area contributed by atoms with Crippen molar-refractivity contribution in [1.29, 1.82) is 0 Å². The van der Waals surface area contributed by atoms with Crippen molar-refractivity contribution in [3.63, 3.8) is 0 Å². The quantitative estimate of drug-likeness (QED) is 0.535. The molecule has 3 aromatic rings. The number of benzene rings is 2. The number of amides is 1. The molecule has 1 N–H and O–H groups in total. The van der Waals surface area contributed by atoms with Crippen LogP contribution in [0.3, 0.4) is 0 Å². The van der Waals surface area contributed by atoms with Crippen molar-refractivity contribution in [3.05, 3.63) is 69.1 Å². The Kier molecular flexibility index (Phi) is 4.94. The molecule has 0 saturated carbocycles. The highest BCUT2D eigenvalue weighted by Gasteiger charge is 2.19. The van der Waals surface area contributed by atoms with Gasteiger partial charge in [0.15, 0.2) is 5.13 Å². The third-order valence-electron chi connectivity index (χ3n) is 3.84. The van der Waals surface area contributed by atoms with Gasteiger partial charge in [0.25, 0.3) is 11.6 Å². The van der Waals surface area contributed by atoms with Crippen molar-refractivity contribution < 1.29 is 14.5 Å². The van der Waals surface area contributed by atoms with Crippen LogP contribution in [0.1, 0.15) is 15.9 Å². The lowest BCUT2D eigenvalue weighted by Crippen LogP contribution is -2.14. The normalized spacial score (nSPS) is 10.4. The number of thiazole rings is 1. The second-order valence-corrected chi connectivity index (χ2v) is 6.29. The van der Waals surface area contributed by atoms with Crippen molar-refractivity contribution in [2.45, 2.75) is 6.92 Å². The van der Waals surface area contributed by atoms with Crippen LogP contribution in [-0.2, 0) is 0 Å². The molecule has 3 rings (SSSR count). The molecule has 26 heavy (non-hydrogen) atoms. The van der Waals surface area contributed by atoms with Gasteiger partial charge in [0, 0.05) is 28.1 Å². The molecule has 0 unspecified atom stereocenters. The first-order valence-corrected chi connectivity index (χ1v) is 8.53. The molecule has 0 bridgehead atoms. The number of ether oxygens (including phenoxy) is 1. The molecular formula is C18H15N3O4S. The van der Waals surface area contributed by atoms with Crippen LogP contribution < -0.4 is 10.1 Å². The van der Waals surface area contributed by atoms with Gasteiger partial charge in [0.05, 0.1) is 17.7 Å². The van der Waals surface area contributed by atoms with Gasteiger partial charge in [-0.15, -0.1) is 11.3 Å². The number of nitro benzene ring substituents is 1. The number of carbonyl (C=O) groups excluding carboxylic acids is 1. The number of nitrogens with zero attached hydrogens (tertiary/aromatic N) is 2. The summed E-state index contributed by atoms with van der Waals surface area (Å²) < 4.78 is 5.20. The number of hydrogen-bond donors (Lipinski definition) is 1. The first kappa shape index (κ1) is 17.6. The van der Waals surface area contributed by atoms with Crippen molar-refractivity contribution in [3.8, 4) is 17.0 Å². The highest BCUT2D eigenvalue weighted by Crippen LogP contribution is 2.28. The second-order valence-electron chi connectivity index (χ2n) is 5.43. The van der Waals surface area contributed by atoms with E-state index in [4.69, 9.17) is 4.74 Å². The van der Waals surface area contributed by atoms with E-state index < -0.39 is 10.8 Å². The standard InChI is InChI=1S/C18H15N3O4S/c1-11-14(7-4-8-16(11)21(23)24)17(22)20-18-19-15(10-26-18)12-5-3-6-13(9-12)25-2/h3-10H,1-2H3,(H,19,20,22). The molecule has 0 fully saturated rings. The first-order chi connectivity index (χ1) is 12.5. The Hall–Kier alpha value is -3.26. The molecule has 7 nitrogen and oxygen atoms in total. The number of methoxy groups -OCH3 is 1. The minimum Gasteiger partial charge on any atom is -0.497 e. The van der Waals surface area contributed by atoms with Crippen LogP contribution in [0.5, 0.6) is 5.75 Å². The number of nitrogens with one attached hydrogen (secondary N) is 1. The Balaban J connectivity index is 1.82. The fourth-order valence-electron chi connectivity index (χ4n) is 2.48. The summed E-state index contributed by atoms with van der Waals surface area (Å²) >= 11 is 1.28. The lowest BCUT2D eigenvalue weighted by atomic mass is 10.1. The summed E-state index contributed by atoms with van der Waals surface area (Å²) in [6.07, 6.45) is 0. The molecule has 0 radical (unpaired) electrons. The van der Waals surface area contributed by atoms with E-state index in [2.05, 4.69) is 10.3 Å². The molecular weight excluding hydrogens is 354 g/mol. The van der Waals surface area contributed by atoms with Gasteiger partial charge < -0.3 is 4.74 Å². The van der Waals surface area contributed by atoms with E-state index in [1.165, 1.54) is 23.5 Å². The van der Waals surface area contributed by atoms with E-state index in [0.29, 0.717) is 22.1 Å². The molecule has 8 heteroatoms. The zero-order valence-corrected chi connectivity index (χ0v) is 14.9. The highest BCUT2D eigenvalue weighted by atomic mass is 32.1. The number of nitro groups is 1. The smallest absolute Gasteiger partial charge is 0.273 e. The second kappa shape index (κ2) is 7.32. The third-order valence-corrected chi connectivity index (χ3v) is 4.59. The number of aromatic nitrogens is 1. The summed E-state index contributed by atoms with van der Waals surface area (Å²) in [7, 11) is 1.59. The molecule has 0 aliphatic carbocycles. The number of rotatable bonds is 5. The fraction of sp³-hybridized carbons (Fsp3) is 0.111. The lowest BCUT2D eigenvalue weighted by Gasteiger charge is -2.05. The van der Waals surface area contributed by atoms with Gasteiger partial charge in [-0.1, -0.05) is 18.2 Å². The largest absolute Gasteiger partial charge is 0.497 e. The highest BCUT2D eigenvalue weighted by molar-refractivity contribution is 7.14. The van der Waals surface area contributed by atoms with Gasteiger partial charge in [-0.25, -0.2) is 4.98 Å². The predicted octanol–water partition coefficient (Wildman–Crippen LogP) is 4.29. The van der Waals surface area contributed by atoms with E-state index in [1.54, 1.807) is 20.1 Å². The van der Waals surface area contributed by atoms with E-state index in [-0.39, 0.29) is 11.3 Å². The Labute approximate surface area is 153 Å². The Morgan fingerprint density at radius 3 is 2.77 bits per heavy atom. The van der Waals surface area contributed by atoms with E-state index >= 15 is 0 Å². The molecule has 1 aromatic heterocycles. The molecule has 0 spiro atoms. The third kappa shape index (κ3) is 3.55. The first-order valence-electron chi connectivity index (χ1n) is 7.65. The lowest BCUT2D eigenvalue weighted by molar-refractivity contribution is -0.385. The summed E-state index contributed by atoms with van der Waals surface area (Å²) in [5.74, 6) is 0.283. The van der Waals surface area contributed by atoms with E-state index in [1.807, 2.05) is 29.6 Å². The average molecular weight is 369 g/mol. The van der Waals surface area contributed by atoms with Gasteiger partial charge in [-0.2, -0.15) is 0 Å². The van der Waals surface area contributed by atoms with Crippen LogP contribution in [0.25, 0.3) is 11.3 Å². The zero-order valence-electron chi connectivity index (χ0n) is 14.1. The van der Waals surface area contributed by atoms with Crippen molar-refractivity contribution in [2.24, 2.45) is 0 Å². The van der Waals surface area contributed by atoms with Gasteiger partial charge in [-0.3, -0.25) is 20.2 Å². The monoisotopic (exact) mass is 369 g/mol. The van der Waals surface area contributed by atoms with Gasteiger partial charge in [0.1, 0.15) is 5.75 Å². The van der Waals surface area contributed by atoms with Crippen molar-refractivity contribution in [1.82, 2.24) is 4.98 Å². The Morgan fingerprint density at radius 2 is 2.04 bits per heavy atom. The van der Waals surface area contributed by atoms with E-state index in [0.717, 1.165) is 5.56 Å². The minimum absolute atomic E-state index is 0.0890. The van der Waals surface area contributed by atoms with Crippen LogP contribution in [0.4, 0.5) is 10.8 Å². The zero-order chi connectivity index (χ0) is 18.7. The number of carbonyl (C=O) groups is 1. The van der Waals surface area contributed by atoms with Crippen LogP contribution in [-0.4, -0.2) is 22.9 Å². The Morgan fingerprint density at radius 1 is 1.27 bits per heavy atom. The molecule has 132 valence electrons.